The molecule has 2 aliphatic rings. The Bertz CT molecular complexity index is 611. The van der Waals surface area contributed by atoms with Gasteiger partial charge in [0.1, 0.15) is 0 Å². The van der Waals surface area contributed by atoms with Crippen LogP contribution >= 0.6 is 0 Å². The molecule has 2 saturated heterocycles. The van der Waals surface area contributed by atoms with E-state index in [2.05, 4.69) is 22.5 Å². The minimum atomic E-state index is -0.0403. The van der Waals surface area contributed by atoms with Gasteiger partial charge in [0.2, 0.25) is 5.91 Å². The predicted molar refractivity (Wildman–Crippen MR) is 105 cm³/mol. The summed E-state index contributed by atoms with van der Waals surface area (Å²) in [5, 5.41) is 6.00. The van der Waals surface area contributed by atoms with Crippen LogP contribution in [-0.4, -0.2) is 73.7 Å². The van der Waals surface area contributed by atoms with E-state index in [1.807, 2.05) is 35.2 Å². The second kappa shape index (κ2) is 9.71. The minimum absolute atomic E-state index is 0.0305. The smallest absolute Gasteiger partial charge is 0.317 e. The number of anilines is 1. The lowest BCUT2D eigenvalue weighted by Crippen LogP contribution is -2.51. The number of ether oxygens (including phenoxy) is 1. The standard InChI is InChI=1S/C20H30N4O3/c1-16(23-11-13-27-14-12-23)15-21-20(26)24-9-7-17(8-10-24)19(25)22-18-5-3-2-4-6-18/h2-6,16-17H,7-15H2,1H3,(H,21,26)(H,22,25). The summed E-state index contributed by atoms with van der Waals surface area (Å²) < 4.78 is 5.37. The summed E-state index contributed by atoms with van der Waals surface area (Å²) in [5.41, 5.74) is 0.819. The van der Waals surface area contributed by atoms with Crippen molar-refractivity contribution in [2.24, 2.45) is 5.92 Å². The van der Waals surface area contributed by atoms with Gasteiger partial charge in [0.25, 0.3) is 0 Å². The second-order valence-corrected chi connectivity index (χ2v) is 7.30. The number of urea groups is 1. The van der Waals surface area contributed by atoms with Gasteiger partial charge in [-0.15, -0.1) is 0 Å². The van der Waals surface area contributed by atoms with Gasteiger partial charge in [-0.2, -0.15) is 0 Å². The molecule has 1 atom stereocenters. The third-order valence-corrected chi connectivity index (χ3v) is 5.41. The van der Waals surface area contributed by atoms with Gasteiger partial charge in [-0.25, -0.2) is 4.79 Å². The van der Waals surface area contributed by atoms with Gasteiger partial charge in [-0.05, 0) is 31.9 Å². The molecular weight excluding hydrogens is 344 g/mol. The first-order valence-electron chi connectivity index (χ1n) is 9.84. The van der Waals surface area contributed by atoms with E-state index < -0.39 is 0 Å². The van der Waals surface area contributed by atoms with Gasteiger partial charge in [-0.1, -0.05) is 18.2 Å². The average Bonchev–Trinajstić information content (AvgIpc) is 2.73. The van der Waals surface area contributed by atoms with E-state index in [1.165, 1.54) is 0 Å². The Balaban J connectivity index is 1.38. The van der Waals surface area contributed by atoms with E-state index in [1.54, 1.807) is 0 Å². The molecular formula is C20H30N4O3. The summed E-state index contributed by atoms with van der Waals surface area (Å²) in [5.74, 6) is 0.00345. The van der Waals surface area contributed by atoms with Gasteiger partial charge in [0, 0.05) is 50.4 Å². The van der Waals surface area contributed by atoms with Crippen molar-refractivity contribution < 1.29 is 14.3 Å². The number of hydrogen-bond acceptors (Lipinski definition) is 4. The van der Waals surface area contributed by atoms with Crippen LogP contribution in [0.4, 0.5) is 10.5 Å². The minimum Gasteiger partial charge on any atom is -0.379 e. The molecule has 0 saturated carbocycles. The van der Waals surface area contributed by atoms with E-state index in [0.29, 0.717) is 38.5 Å². The van der Waals surface area contributed by atoms with Crippen LogP contribution in [0.25, 0.3) is 0 Å². The van der Waals surface area contributed by atoms with Crippen molar-refractivity contribution in [2.75, 3.05) is 51.3 Å². The van der Waals surface area contributed by atoms with Gasteiger partial charge in [0.15, 0.2) is 0 Å². The number of nitrogens with one attached hydrogen (secondary N) is 2. The Morgan fingerprint density at radius 1 is 1.11 bits per heavy atom. The number of piperidine rings is 1. The SMILES string of the molecule is CC(CNC(=O)N1CCC(C(=O)Nc2ccccc2)CC1)N1CCOCC1. The van der Waals surface area contributed by atoms with Crippen molar-refractivity contribution in [3.05, 3.63) is 30.3 Å². The number of amides is 3. The molecule has 0 spiro atoms. The number of nitrogens with zero attached hydrogens (tertiary/aromatic N) is 2. The number of rotatable bonds is 5. The highest BCUT2D eigenvalue weighted by atomic mass is 16.5. The van der Waals surface area contributed by atoms with Crippen LogP contribution in [0.2, 0.25) is 0 Å². The molecule has 0 bridgehead atoms. The molecule has 1 unspecified atom stereocenters. The maximum absolute atomic E-state index is 12.4. The molecule has 0 aromatic heterocycles. The molecule has 1 aromatic carbocycles. The van der Waals surface area contributed by atoms with E-state index in [0.717, 1.165) is 32.0 Å². The Kier molecular flexibility index (Phi) is 7.06. The van der Waals surface area contributed by atoms with Crippen LogP contribution in [0, 0.1) is 5.92 Å². The summed E-state index contributed by atoms with van der Waals surface area (Å²) in [6.07, 6.45) is 1.40. The Labute approximate surface area is 161 Å². The summed E-state index contributed by atoms with van der Waals surface area (Å²) in [4.78, 5) is 29.0. The molecule has 0 radical (unpaired) electrons. The lowest BCUT2D eigenvalue weighted by atomic mass is 9.96. The fourth-order valence-corrected chi connectivity index (χ4v) is 3.60. The van der Waals surface area contributed by atoms with Crippen LogP contribution in [0.3, 0.4) is 0 Å². The number of morpholine rings is 1. The summed E-state index contributed by atoms with van der Waals surface area (Å²) in [6, 6.07) is 9.77. The third-order valence-electron chi connectivity index (χ3n) is 5.41. The first-order chi connectivity index (χ1) is 13.1. The average molecular weight is 374 g/mol. The first-order valence-corrected chi connectivity index (χ1v) is 9.84. The van der Waals surface area contributed by atoms with E-state index in [9.17, 15) is 9.59 Å². The lowest BCUT2D eigenvalue weighted by molar-refractivity contribution is -0.121. The summed E-state index contributed by atoms with van der Waals surface area (Å²) in [6.45, 7) is 7.35. The number of carbonyl (C=O) groups is 2. The van der Waals surface area contributed by atoms with Crippen LogP contribution in [-0.2, 0) is 9.53 Å². The number of likely N-dealkylation sites (tertiary alicyclic amines) is 1. The molecule has 7 heteroatoms. The molecule has 148 valence electrons. The van der Waals surface area contributed by atoms with Gasteiger partial charge in [-0.3, -0.25) is 9.69 Å². The Morgan fingerprint density at radius 2 is 1.78 bits per heavy atom. The monoisotopic (exact) mass is 374 g/mol. The maximum Gasteiger partial charge on any atom is 0.317 e. The van der Waals surface area contributed by atoms with E-state index in [4.69, 9.17) is 4.74 Å². The van der Waals surface area contributed by atoms with Crippen LogP contribution in [0.1, 0.15) is 19.8 Å². The summed E-state index contributed by atoms with van der Waals surface area (Å²) in [7, 11) is 0. The second-order valence-electron chi connectivity index (χ2n) is 7.30. The highest BCUT2D eigenvalue weighted by molar-refractivity contribution is 5.92. The van der Waals surface area contributed by atoms with E-state index in [-0.39, 0.29) is 17.9 Å². The molecule has 0 aliphatic carbocycles. The van der Waals surface area contributed by atoms with Gasteiger partial charge in [0.05, 0.1) is 13.2 Å². The van der Waals surface area contributed by atoms with Crippen LogP contribution in [0.15, 0.2) is 30.3 Å². The molecule has 7 nitrogen and oxygen atoms in total. The molecule has 1 aromatic rings. The lowest BCUT2D eigenvalue weighted by Gasteiger charge is -2.34. The largest absolute Gasteiger partial charge is 0.379 e. The van der Waals surface area contributed by atoms with Crippen LogP contribution in [0.5, 0.6) is 0 Å². The normalized spacial score (nSPS) is 20.1. The predicted octanol–water partition coefficient (Wildman–Crippen LogP) is 1.77. The third kappa shape index (κ3) is 5.68. The number of benzene rings is 1. The molecule has 3 amide bonds. The number of hydrogen-bond donors (Lipinski definition) is 2. The number of para-hydroxylation sites is 1. The molecule has 2 N–H and O–H groups in total. The molecule has 2 aliphatic heterocycles. The Morgan fingerprint density at radius 3 is 2.44 bits per heavy atom. The topological polar surface area (TPSA) is 73.9 Å². The molecule has 27 heavy (non-hydrogen) atoms. The zero-order valence-electron chi connectivity index (χ0n) is 16.0. The van der Waals surface area contributed by atoms with Gasteiger partial charge >= 0.3 is 6.03 Å². The Hall–Kier alpha value is -2.12. The zero-order chi connectivity index (χ0) is 19.1. The van der Waals surface area contributed by atoms with Crippen molar-refractivity contribution >= 4 is 17.6 Å². The van der Waals surface area contributed by atoms with Crippen molar-refractivity contribution in [1.82, 2.24) is 15.1 Å². The fourth-order valence-electron chi connectivity index (χ4n) is 3.60. The number of carbonyl (C=O) groups excluding carboxylic acids is 2. The summed E-state index contributed by atoms with van der Waals surface area (Å²) >= 11 is 0. The van der Waals surface area contributed by atoms with Crippen molar-refractivity contribution in [2.45, 2.75) is 25.8 Å². The molecule has 2 heterocycles. The van der Waals surface area contributed by atoms with Crippen molar-refractivity contribution in [3.8, 4) is 0 Å². The molecule has 3 rings (SSSR count). The van der Waals surface area contributed by atoms with Crippen molar-refractivity contribution in [1.29, 1.82) is 0 Å². The highest BCUT2D eigenvalue weighted by Crippen LogP contribution is 2.19. The van der Waals surface area contributed by atoms with Crippen molar-refractivity contribution in [3.63, 3.8) is 0 Å². The van der Waals surface area contributed by atoms with E-state index >= 15 is 0 Å². The van der Waals surface area contributed by atoms with Crippen LogP contribution < -0.4 is 10.6 Å². The first kappa shape index (κ1) is 19.6. The van der Waals surface area contributed by atoms with Gasteiger partial charge < -0.3 is 20.3 Å². The zero-order valence-corrected chi connectivity index (χ0v) is 16.0. The fraction of sp³-hybridized carbons (Fsp3) is 0.600. The maximum atomic E-state index is 12.4. The molecule has 2 fully saturated rings. The quantitative estimate of drug-likeness (QED) is 0.824. The highest BCUT2D eigenvalue weighted by Gasteiger charge is 2.27.